The zero-order chi connectivity index (χ0) is 14.5. The van der Waals surface area contributed by atoms with Gasteiger partial charge in [0.1, 0.15) is 4.99 Å². The Morgan fingerprint density at radius 1 is 1.35 bits per heavy atom. The Morgan fingerprint density at radius 2 is 2.10 bits per heavy atom. The topological polar surface area (TPSA) is 55.1 Å². The Balaban J connectivity index is 2.05. The fraction of sp³-hybridized carbons (Fsp3) is 0.200. The average molecular weight is 304 g/mol. The lowest BCUT2D eigenvalue weighted by atomic mass is 10.1. The van der Waals surface area contributed by atoms with Crippen LogP contribution in [-0.4, -0.2) is 10.9 Å². The lowest BCUT2D eigenvalue weighted by Crippen LogP contribution is -2.23. The number of thiophene rings is 1. The van der Waals surface area contributed by atoms with E-state index < -0.39 is 0 Å². The molecule has 0 bridgehead atoms. The quantitative estimate of drug-likeness (QED) is 0.835. The number of amides is 1. The van der Waals surface area contributed by atoms with Crippen molar-refractivity contribution in [2.75, 3.05) is 0 Å². The highest BCUT2D eigenvalue weighted by Crippen LogP contribution is 2.17. The molecule has 5 heteroatoms. The Hall–Kier alpha value is -1.72. The molecular formula is C15H16N2OS2. The van der Waals surface area contributed by atoms with Crippen molar-refractivity contribution in [1.29, 1.82) is 0 Å². The van der Waals surface area contributed by atoms with Gasteiger partial charge in [0.15, 0.2) is 0 Å². The Morgan fingerprint density at radius 3 is 2.80 bits per heavy atom. The number of nitrogens with one attached hydrogen (secondary N) is 1. The molecule has 0 unspecified atom stereocenters. The number of nitrogens with two attached hydrogens (primary N) is 1. The van der Waals surface area contributed by atoms with E-state index in [0.717, 1.165) is 6.42 Å². The molecular weight excluding hydrogens is 288 g/mol. The first-order valence-corrected chi connectivity index (χ1v) is 7.64. The summed E-state index contributed by atoms with van der Waals surface area (Å²) in [5.41, 5.74) is 8.14. The van der Waals surface area contributed by atoms with Gasteiger partial charge in [-0.15, -0.1) is 11.3 Å². The van der Waals surface area contributed by atoms with Gasteiger partial charge in [0.05, 0.1) is 6.54 Å². The monoisotopic (exact) mass is 304 g/mol. The van der Waals surface area contributed by atoms with Crippen LogP contribution in [0.5, 0.6) is 0 Å². The van der Waals surface area contributed by atoms with Gasteiger partial charge < -0.3 is 11.1 Å². The summed E-state index contributed by atoms with van der Waals surface area (Å²) < 4.78 is 0. The second kappa shape index (κ2) is 6.63. The van der Waals surface area contributed by atoms with Crippen LogP contribution in [0.3, 0.4) is 0 Å². The Bertz CT molecular complexity index is 634. The molecule has 0 aliphatic rings. The first-order chi connectivity index (χ1) is 9.61. The predicted octanol–water partition coefficient (Wildman–Crippen LogP) is 2.87. The van der Waals surface area contributed by atoms with Gasteiger partial charge >= 0.3 is 0 Å². The molecule has 1 aromatic heterocycles. The maximum Gasteiger partial charge on any atom is 0.251 e. The molecule has 2 rings (SSSR count). The lowest BCUT2D eigenvalue weighted by Gasteiger charge is -2.07. The van der Waals surface area contributed by atoms with Crippen LogP contribution in [0.25, 0.3) is 0 Å². The maximum atomic E-state index is 12.1. The number of benzene rings is 1. The van der Waals surface area contributed by atoms with E-state index in [4.69, 9.17) is 18.0 Å². The minimum Gasteiger partial charge on any atom is -0.389 e. The number of thiocarbonyl (C=S) groups is 1. The molecule has 20 heavy (non-hydrogen) atoms. The first kappa shape index (κ1) is 14.7. The van der Waals surface area contributed by atoms with Crippen molar-refractivity contribution >= 4 is 34.5 Å². The highest BCUT2D eigenvalue weighted by Gasteiger charge is 2.09. The summed E-state index contributed by atoms with van der Waals surface area (Å²) in [4.78, 5) is 13.6. The molecule has 1 amide bonds. The summed E-state index contributed by atoms with van der Waals surface area (Å²) >= 11 is 6.58. The molecule has 0 aliphatic heterocycles. The largest absolute Gasteiger partial charge is 0.389 e. The van der Waals surface area contributed by atoms with Gasteiger partial charge in [0.2, 0.25) is 0 Å². The highest BCUT2D eigenvalue weighted by molar-refractivity contribution is 7.80. The third-order valence-electron chi connectivity index (χ3n) is 3.04. The van der Waals surface area contributed by atoms with Gasteiger partial charge in [-0.25, -0.2) is 0 Å². The number of carbonyl (C=O) groups excluding carboxylic acids is 1. The molecule has 0 saturated heterocycles. The van der Waals surface area contributed by atoms with Crippen molar-refractivity contribution in [3.05, 3.63) is 57.3 Å². The van der Waals surface area contributed by atoms with Crippen LogP contribution in [-0.2, 0) is 13.0 Å². The summed E-state index contributed by atoms with van der Waals surface area (Å²) in [5.74, 6) is -0.112. The van der Waals surface area contributed by atoms with Crippen LogP contribution < -0.4 is 11.1 Å². The van der Waals surface area contributed by atoms with Gasteiger partial charge in [-0.3, -0.25) is 4.79 Å². The molecule has 0 fully saturated rings. The molecule has 0 radical (unpaired) electrons. The molecule has 1 heterocycles. The van der Waals surface area contributed by atoms with Crippen LogP contribution in [0.15, 0.2) is 35.7 Å². The predicted molar refractivity (Wildman–Crippen MR) is 87.2 cm³/mol. The van der Waals surface area contributed by atoms with Crippen molar-refractivity contribution in [1.82, 2.24) is 5.32 Å². The number of rotatable bonds is 5. The summed E-state index contributed by atoms with van der Waals surface area (Å²) in [7, 11) is 0. The second-order valence-electron chi connectivity index (χ2n) is 4.35. The van der Waals surface area contributed by atoms with Crippen molar-refractivity contribution in [2.45, 2.75) is 19.9 Å². The van der Waals surface area contributed by atoms with E-state index in [-0.39, 0.29) is 5.91 Å². The maximum absolute atomic E-state index is 12.1. The van der Waals surface area contributed by atoms with Crippen LogP contribution in [0.1, 0.15) is 33.3 Å². The third kappa shape index (κ3) is 3.43. The number of hydrogen-bond donors (Lipinski definition) is 2. The number of hydrogen-bond acceptors (Lipinski definition) is 3. The SMILES string of the molecule is CCc1ccsc1CNC(=O)c1cccc(C(N)=S)c1. The van der Waals surface area contributed by atoms with E-state index in [1.807, 2.05) is 5.38 Å². The smallest absolute Gasteiger partial charge is 0.251 e. The van der Waals surface area contributed by atoms with Crippen LogP contribution in [0.2, 0.25) is 0 Å². The van der Waals surface area contributed by atoms with Crippen molar-refractivity contribution in [3.63, 3.8) is 0 Å². The molecule has 104 valence electrons. The van der Waals surface area contributed by atoms with E-state index >= 15 is 0 Å². The molecule has 0 atom stereocenters. The zero-order valence-corrected chi connectivity index (χ0v) is 12.8. The average Bonchev–Trinajstić information content (AvgIpc) is 2.92. The minimum absolute atomic E-state index is 0.112. The van der Waals surface area contributed by atoms with Crippen molar-refractivity contribution < 1.29 is 4.79 Å². The van der Waals surface area contributed by atoms with Crippen LogP contribution in [0, 0.1) is 0 Å². The first-order valence-electron chi connectivity index (χ1n) is 6.35. The Labute approximate surface area is 127 Å². The van der Waals surface area contributed by atoms with Gasteiger partial charge in [-0.05, 0) is 35.6 Å². The molecule has 0 spiro atoms. The van der Waals surface area contributed by atoms with Gasteiger partial charge in [-0.1, -0.05) is 31.3 Å². The van der Waals surface area contributed by atoms with E-state index in [2.05, 4.69) is 18.3 Å². The van der Waals surface area contributed by atoms with E-state index in [1.165, 1.54) is 10.4 Å². The Kier molecular flexibility index (Phi) is 4.87. The number of aryl methyl sites for hydroxylation is 1. The normalized spacial score (nSPS) is 10.2. The van der Waals surface area contributed by atoms with E-state index in [0.29, 0.717) is 22.7 Å². The van der Waals surface area contributed by atoms with E-state index in [1.54, 1.807) is 35.6 Å². The standard InChI is InChI=1S/C15H16N2OS2/c1-2-10-6-7-20-13(10)9-17-15(18)12-5-3-4-11(8-12)14(16)19/h3-8H,2,9H2,1H3,(H2,16,19)(H,17,18). The third-order valence-corrected chi connectivity index (χ3v) is 4.24. The summed E-state index contributed by atoms with van der Waals surface area (Å²) in [6, 6.07) is 9.15. The van der Waals surface area contributed by atoms with Crippen LogP contribution in [0.4, 0.5) is 0 Å². The van der Waals surface area contributed by atoms with Crippen molar-refractivity contribution in [2.24, 2.45) is 5.73 Å². The molecule has 0 saturated carbocycles. The van der Waals surface area contributed by atoms with Gasteiger partial charge in [-0.2, -0.15) is 0 Å². The summed E-state index contributed by atoms with van der Waals surface area (Å²) in [6.45, 7) is 2.66. The fourth-order valence-electron chi connectivity index (χ4n) is 1.91. The van der Waals surface area contributed by atoms with E-state index in [9.17, 15) is 4.79 Å². The molecule has 3 nitrogen and oxygen atoms in total. The van der Waals surface area contributed by atoms with Crippen molar-refractivity contribution in [3.8, 4) is 0 Å². The molecule has 2 aromatic rings. The lowest BCUT2D eigenvalue weighted by molar-refractivity contribution is 0.0951. The minimum atomic E-state index is -0.112. The molecule has 1 aromatic carbocycles. The number of carbonyl (C=O) groups is 1. The van der Waals surface area contributed by atoms with Gasteiger partial charge in [0.25, 0.3) is 5.91 Å². The second-order valence-corrected chi connectivity index (χ2v) is 5.79. The highest BCUT2D eigenvalue weighted by atomic mass is 32.1. The van der Waals surface area contributed by atoms with Gasteiger partial charge in [0, 0.05) is 16.0 Å². The summed E-state index contributed by atoms with van der Waals surface area (Å²) in [5, 5.41) is 4.98. The van der Waals surface area contributed by atoms with Crippen LogP contribution >= 0.6 is 23.6 Å². The zero-order valence-electron chi connectivity index (χ0n) is 11.2. The molecule has 3 N–H and O–H groups in total. The molecule has 0 aliphatic carbocycles. The summed E-state index contributed by atoms with van der Waals surface area (Å²) in [6.07, 6.45) is 0.978. The fourth-order valence-corrected chi connectivity index (χ4v) is 2.96.